The molecule has 9 unspecified atom stereocenters. The van der Waals surface area contributed by atoms with Gasteiger partial charge in [0, 0.05) is 0 Å². The summed E-state index contributed by atoms with van der Waals surface area (Å²) in [6, 6.07) is 0. The molecule has 0 heterocycles. The normalized spacial score (nSPS) is 42.3. The molecule has 4 aliphatic rings. The molecule has 2 N–H and O–H groups in total. The van der Waals surface area contributed by atoms with Crippen molar-refractivity contribution in [1.29, 1.82) is 0 Å². The molecule has 4 aliphatic carbocycles. The van der Waals surface area contributed by atoms with Gasteiger partial charge in [0.2, 0.25) is 0 Å². The minimum atomic E-state index is -5.99. The fraction of sp³-hybridized carbons (Fsp3) is 0.926. The maximum absolute atomic E-state index is 14.1. The standard InChI is InChI=1S/C27H39F7O2/c1-15(5-4-10-25(28,26(29,30)31)27(32,33)34)18-6-7-19-22-20(9-12-24(18,19)3)23(2)11-8-17(35)13-16(23)14-21(22)36/h14-15,17-22,35-36H,4-13H2,1-3H3. The first kappa shape index (κ1) is 28.2. The van der Waals surface area contributed by atoms with E-state index in [1.54, 1.807) is 0 Å². The number of halogens is 7. The molecule has 0 saturated heterocycles. The van der Waals surface area contributed by atoms with E-state index in [1.807, 2.05) is 13.0 Å². The number of hydrogen-bond donors (Lipinski definition) is 2. The lowest BCUT2D eigenvalue weighted by molar-refractivity contribution is -0.343. The molecule has 3 fully saturated rings. The molecule has 0 aromatic rings. The zero-order chi connectivity index (χ0) is 26.9. The van der Waals surface area contributed by atoms with Crippen LogP contribution in [-0.2, 0) is 0 Å². The van der Waals surface area contributed by atoms with Crippen molar-refractivity contribution in [1.82, 2.24) is 0 Å². The minimum Gasteiger partial charge on any atom is -0.393 e. The van der Waals surface area contributed by atoms with Gasteiger partial charge in [-0.05, 0) is 98.2 Å². The van der Waals surface area contributed by atoms with Crippen LogP contribution < -0.4 is 0 Å². The van der Waals surface area contributed by atoms with Crippen LogP contribution in [0.15, 0.2) is 11.6 Å². The van der Waals surface area contributed by atoms with Gasteiger partial charge in [0.15, 0.2) is 0 Å². The Labute approximate surface area is 208 Å². The van der Waals surface area contributed by atoms with Crippen LogP contribution in [-0.4, -0.2) is 40.4 Å². The second-order valence-corrected chi connectivity index (χ2v) is 12.7. The predicted molar refractivity (Wildman–Crippen MR) is 122 cm³/mol. The van der Waals surface area contributed by atoms with Gasteiger partial charge in [-0.15, -0.1) is 0 Å². The monoisotopic (exact) mass is 528 g/mol. The van der Waals surface area contributed by atoms with Crippen LogP contribution in [0.5, 0.6) is 0 Å². The lowest BCUT2D eigenvalue weighted by atomic mass is 9.46. The smallest absolute Gasteiger partial charge is 0.393 e. The molecule has 36 heavy (non-hydrogen) atoms. The van der Waals surface area contributed by atoms with Crippen molar-refractivity contribution in [2.45, 2.75) is 115 Å². The first-order valence-corrected chi connectivity index (χ1v) is 13.4. The molecule has 0 bridgehead atoms. The summed E-state index contributed by atoms with van der Waals surface area (Å²) in [7, 11) is 0. The van der Waals surface area contributed by atoms with Crippen LogP contribution in [0.2, 0.25) is 0 Å². The molecular formula is C27H39F7O2. The molecule has 4 rings (SSSR count). The van der Waals surface area contributed by atoms with Crippen LogP contribution >= 0.6 is 0 Å². The highest BCUT2D eigenvalue weighted by Crippen LogP contribution is 2.67. The first-order chi connectivity index (χ1) is 16.5. The van der Waals surface area contributed by atoms with E-state index in [0.717, 1.165) is 44.1 Å². The Morgan fingerprint density at radius 2 is 1.56 bits per heavy atom. The second kappa shape index (κ2) is 9.13. The van der Waals surface area contributed by atoms with Crippen LogP contribution in [0.4, 0.5) is 30.7 Å². The third-order valence-electron chi connectivity index (χ3n) is 10.9. The summed E-state index contributed by atoms with van der Waals surface area (Å²) in [5.41, 5.74) is -4.27. The van der Waals surface area contributed by atoms with E-state index in [2.05, 4.69) is 13.8 Å². The Morgan fingerprint density at radius 3 is 2.17 bits per heavy atom. The van der Waals surface area contributed by atoms with E-state index in [-0.39, 0.29) is 52.9 Å². The number of aliphatic hydroxyl groups is 2. The quantitative estimate of drug-likeness (QED) is 0.286. The van der Waals surface area contributed by atoms with E-state index in [1.165, 1.54) is 0 Å². The Balaban J connectivity index is 1.47. The SMILES string of the molecule is CC(CCCC(F)(C(F)(F)F)C(F)(F)F)C1CCC2C3C(O)C=C4CC(O)CCC4(C)C3CCC12C. The fourth-order valence-electron chi connectivity index (χ4n) is 8.92. The molecule has 9 atom stereocenters. The lowest BCUT2D eigenvalue weighted by Gasteiger charge is -2.59. The van der Waals surface area contributed by atoms with E-state index in [4.69, 9.17) is 0 Å². The van der Waals surface area contributed by atoms with Crippen LogP contribution in [0.25, 0.3) is 0 Å². The molecule has 208 valence electrons. The van der Waals surface area contributed by atoms with Crippen molar-refractivity contribution in [3.63, 3.8) is 0 Å². The zero-order valence-electron chi connectivity index (χ0n) is 21.2. The van der Waals surface area contributed by atoms with Gasteiger partial charge >= 0.3 is 12.4 Å². The Hall–Kier alpha value is -0.830. The Morgan fingerprint density at radius 1 is 0.917 bits per heavy atom. The molecule has 0 spiro atoms. The summed E-state index contributed by atoms with van der Waals surface area (Å²) in [6.07, 6.45) is -7.38. The van der Waals surface area contributed by atoms with Gasteiger partial charge in [-0.1, -0.05) is 38.8 Å². The summed E-state index contributed by atoms with van der Waals surface area (Å²) in [5.74, 6) is 0.518. The van der Waals surface area contributed by atoms with Crippen molar-refractivity contribution in [3.05, 3.63) is 11.6 Å². The topological polar surface area (TPSA) is 40.5 Å². The molecule has 2 nitrogen and oxygen atoms in total. The van der Waals surface area contributed by atoms with Gasteiger partial charge in [0.05, 0.1) is 12.2 Å². The van der Waals surface area contributed by atoms with Crippen molar-refractivity contribution >= 4 is 0 Å². The highest BCUT2D eigenvalue weighted by atomic mass is 19.4. The zero-order valence-corrected chi connectivity index (χ0v) is 21.2. The molecule has 0 radical (unpaired) electrons. The first-order valence-electron chi connectivity index (χ1n) is 13.4. The van der Waals surface area contributed by atoms with E-state index < -0.39 is 37.0 Å². The molecule has 0 amide bonds. The number of alkyl halides is 7. The van der Waals surface area contributed by atoms with Gasteiger partial charge < -0.3 is 10.2 Å². The highest BCUT2D eigenvalue weighted by Gasteiger charge is 2.71. The fourth-order valence-corrected chi connectivity index (χ4v) is 8.92. The van der Waals surface area contributed by atoms with Crippen molar-refractivity contribution < 1.29 is 40.9 Å². The average Bonchev–Trinajstić information content (AvgIpc) is 3.10. The summed E-state index contributed by atoms with van der Waals surface area (Å²) in [4.78, 5) is 0. The largest absolute Gasteiger partial charge is 0.431 e. The molecule has 0 aromatic heterocycles. The molecular weight excluding hydrogens is 489 g/mol. The average molecular weight is 529 g/mol. The third kappa shape index (κ3) is 4.32. The van der Waals surface area contributed by atoms with Gasteiger partial charge in [-0.3, -0.25) is 0 Å². The van der Waals surface area contributed by atoms with Gasteiger partial charge in [0.25, 0.3) is 5.67 Å². The minimum absolute atomic E-state index is 0.0545. The Bertz CT molecular complexity index is 838. The molecule has 0 aliphatic heterocycles. The maximum atomic E-state index is 14.1. The second-order valence-electron chi connectivity index (χ2n) is 12.7. The molecule has 9 heteroatoms. The number of hydrogen-bond acceptors (Lipinski definition) is 2. The van der Waals surface area contributed by atoms with Crippen LogP contribution in [0.3, 0.4) is 0 Å². The number of aliphatic hydroxyl groups excluding tert-OH is 2. The maximum Gasteiger partial charge on any atom is 0.431 e. The number of rotatable bonds is 5. The summed E-state index contributed by atoms with van der Waals surface area (Å²) < 4.78 is 91.7. The summed E-state index contributed by atoms with van der Waals surface area (Å²) >= 11 is 0. The van der Waals surface area contributed by atoms with Crippen LogP contribution in [0, 0.1) is 40.4 Å². The lowest BCUT2D eigenvalue weighted by Crippen LogP contribution is -2.55. The van der Waals surface area contributed by atoms with Crippen LogP contribution in [0.1, 0.15) is 85.0 Å². The van der Waals surface area contributed by atoms with Gasteiger partial charge in [0.1, 0.15) is 0 Å². The van der Waals surface area contributed by atoms with Crippen molar-refractivity contribution in [2.24, 2.45) is 40.4 Å². The van der Waals surface area contributed by atoms with Crippen molar-refractivity contribution in [2.75, 3.05) is 0 Å². The van der Waals surface area contributed by atoms with Crippen molar-refractivity contribution in [3.8, 4) is 0 Å². The van der Waals surface area contributed by atoms with Gasteiger partial charge in [-0.2, -0.15) is 26.3 Å². The summed E-state index contributed by atoms with van der Waals surface area (Å²) in [5, 5.41) is 21.4. The Kier molecular flexibility index (Phi) is 7.15. The number of fused-ring (bicyclic) bond motifs is 5. The molecule has 3 saturated carbocycles. The predicted octanol–water partition coefficient (Wildman–Crippen LogP) is 7.54. The van der Waals surface area contributed by atoms with E-state index in [9.17, 15) is 40.9 Å². The van der Waals surface area contributed by atoms with E-state index in [0.29, 0.717) is 6.42 Å². The highest BCUT2D eigenvalue weighted by molar-refractivity contribution is 5.28. The van der Waals surface area contributed by atoms with Gasteiger partial charge in [-0.25, -0.2) is 4.39 Å². The third-order valence-corrected chi connectivity index (χ3v) is 10.9. The summed E-state index contributed by atoms with van der Waals surface area (Å²) in [6.45, 7) is 6.28. The van der Waals surface area contributed by atoms with E-state index >= 15 is 0 Å². The molecule has 0 aromatic carbocycles.